The number of ether oxygens (including phenoxy) is 1. The molecule has 0 aliphatic carbocycles. The normalized spacial score (nSPS) is 13.4. The van der Waals surface area contributed by atoms with Crippen molar-refractivity contribution in [2.45, 2.75) is 6.92 Å². The van der Waals surface area contributed by atoms with Gasteiger partial charge in [0.1, 0.15) is 0 Å². The fraction of sp³-hybridized carbons (Fsp3) is 0.263. The molecule has 1 saturated heterocycles. The van der Waals surface area contributed by atoms with Crippen LogP contribution in [0, 0.1) is 27.2 Å². The molecule has 2 aromatic rings. The summed E-state index contributed by atoms with van der Waals surface area (Å²) in [6.07, 6.45) is 0. The molecule has 2 aromatic carbocycles. The minimum absolute atomic E-state index is 0.0404. The molecule has 31 heavy (non-hydrogen) atoms. The Hall–Kier alpha value is -3.64. The largest absolute Gasteiger partial charge is 0.378 e. The third kappa shape index (κ3) is 5.29. The summed E-state index contributed by atoms with van der Waals surface area (Å²) >= 11 is 5.20. The van der Waals surface area contributed by atoms with Crippen LogP contribution in [0.2, 0.25) is 0 Å². The molecule has 2 N–H and O–H groups in total. The minimum Gasteiger partial charge on any atom is -0.378 e. The number of carbonyl (C=O) groups is 1. The summed E-state index contributed by atoms with van der Waals surface area (Å²) < 4.78 is 5.33. The highest BCUT2D eigenvalue weighted by atomic mass is 32.1. The zero-order valence-electron chi connectivity index (χ0n) is 16.5. The van der Waals surface area contributed by atoms with Crippen molar-refractivity contribution in [2.24, 2.45) is 0 Å². The summed E-state index contributed by atoms with van der Waals surface area (Å²) in [5.74, 6) is -0.609. The summed E-state index contributed by atoms with van der Waals surface area (Å²) in [6, 6.07) is 8.27. The summed E-state index contributed by atoms with van der Waals surface area (Å²) in [7, 11) is 0. The fourth-order valence-corrected chi connectivity index (χ4v) is 3.33. The van der Waals surface area contributed by atoms with E-state index in [0.29, 0.717) is 43.2 Å². The number of nitro benzene ring substituents is 2. The molecule has 0 radical (unpaired) electrons. The molecule has 162 valence electrons. The van der Waals surface area contributed by atoms with Crippen LogP contribution in [0.4, 0.5) is 22.7 Å². The Balaban J connectivity index is 1.80. The van der Waals surface area contributed by atoms with Crippen molar-refractivity contribution < 1.29 is 19.4 Å². The van der Waals surface area contributed by atoms with Crippen molar-refractivity contribution in [1.29, 1.82) is 0 Å². The summed E-state index contributed by atoms with van der Waals surface area (Å²) in [5.41, 5.74) is 1.43. The Kier molecular flexibility index (Phi) is 6.72. The van der Waals surface area contributed by atoms with Crippen molar-refractivity contribution in [2.75, 3.05) is 36.5 Å². The quantitative estimate of drug-likeness (QED) is 0.404. The standard InChI is InChI=1S/C19H19N5O6S/c1-12-10-13(23(26)27)2-4-16(12)20-19(31)21-18(25)15-11-14(24(28)29)3-5-17(15)22-6-8-30-9-7-22/h2-5,10-11H,6-9H2,1H3,(H2,20,21,25,31). The number of amides is 1. The number of rotatable bonds is 5. The van der Waals surface area contributed by atoms with Gasteiger partial charge in [-0.2, -0.15) is 0 Å². The highest BCUT2D eigenvalue weighted by Gasteiger charge is 2.23. The lowest BCUT2D eigenvalue weighted by Gasteiger charge is -2.30. The van der Waals surface area contributed by atoms with Crippen molar-refractivity contribution in [3.8, 4) is 0 Å². The van der Waals surface area contributed by atoms with E-state index in [-0.39, 0.29) is 22.1 Å². The average molecular weight is 445 g/mol. The maximum absolute atomic E-state index is 12.9. The number of nitro groups is 2. The summed E-state index contributed by atoms with van der Waals surface area (Å²) in [5, 5.41) is 27.4. The van der Waals surface area contributed by atoms with Gasteiger partial charge in [0.05, 0.1) is 34.3 Å². The molecule has 12 heteroatoms. The number of morpholine rings is 1. The van der Waals surface area contributed by atoms with Crippen LogP contribution in [0.5, 0.6) is 0 Å². The summed E-state index contributed by atoms with van der Waals surface area (Å²) in [6.45, 7) is 3.72. The second-order valence-electron chi connectivity index (χ2n) is 6.72. The molecule has 0 unspecified atom stereocenters. The maximum atomic E-state index is 12.9. The smallest absolute Gasteiger partial charge is 0.270 e. The number of aryl methyl sites for hydroxylation is 1. The van der Waals surface area contributed by atoms with Crippen LogP contribution in [0.15, 0.2) is 36.4 Å². The predicted octanol–water partition coefficient (Wildman–Crippen LogP) is 2.77. The number of nitrogens with zero attached hydrogens (tertiary/aromatic N) is 3. The van der Waals surface area contributed by atoms with Crippen LogP contribution in [-0.2, 0) is 4.74 Å². The lowest BCUT2D eigenvalue weighted by atomic mass is 10.1. The van der Waals surface area contributed by atoms with Gasteiger partial charge in [-0.25, -0.2) is 0 Å². The summed E-state index contributed by atoms with van der Waals surface area (Å²) in [4.78, 5) is 35.8. The Bertz CT molecular complexity index is 1050. The van der Waals surface area contributed by atoms with Gasteiger partial charge in [0, 0.05) is 43.0 Å². The van der Waals surface area contributed by atoms with E-state index in [0.717, 1.165) is 0 Å². The van der Waals surface area contributed by atoms with Gasteiger partial charge in [-0.15, -0.1) is 0 Å². The third-order valence-corrected chi connectivity index (χ3v) is 4.89. The van der Waals surface area contributed by atoms with Gasteiger partial charge in [0.25, 0.3) is 17.3 Å². The molecule has 1 fully saturated rings. The van der Waals surface area contributed by atoms with Crippen LogP contribution in [0.1, 0.15) is 15.9 Å². The van der Waals surface area contributed by atoms with Gasteiger partial charge in [-0.05, 0) is 36.8 Å². The van der Waals surface area contributed by atoms with E-state index in [1.807, 2.05) is 4.90 Å². The van der Waals surface area contributed by atoms with Crippen molar-refractivity contribution >= 4 is 46.0 Å². The monoisotopic (exact) mass is 445 g/mol. The molecule has 0 bridgehead atoms. The van der Waals surface area contributed by atoms with E-state index in [1.54, 1.807) is 6.92 Å². The molecule has 1 aliphatic heterocycles. The topological polar surface area (TPSA) is 140 Å². The molecular formula is C19H19N5O6S. The van der Waals surface area contributed by atoms with E-state index in [1.165, 1.54) is 36.4 Å². The molecular weight excluding hydrogens is 426 g/mol. The number of hydrogen-bond acceptors (Lipinski definition) is 8. The highest BCUT2D eigenvalue weighted by molar-refractivity contribution is 7.80. The van der Waals surface area contributed by atoms with E-state index in [4.69, 9.17) is 17.0 Å². The lowest BCUT2D eigenvalue weighted by molar-refractivity contribution is -0.385. The highest BCUT2D eigenvalue weighted by Crippen LogP contribution is 2.27. The molecule has 1 heterocycles. The second-order valence-corrected chi connectivity index (χ2v) is 7.13. The lowest BCUT2D eigenvalue weighted by Crippen LogP contribution is -2.39. The number of non-ortho nitro benzene ring substituents is 2. The zero-order chi connectivity index (χ0) is 22.5. The minimum atomic E-state index is -0.609. The van der Waals surface area contributed by atoms with Gasteiger partial charge >= 0.3 is 0 Å². The molecule has 0 saturated carbocycles. The van der Waals surface area contributed by atoms with E-state index in [9.17, 15) is 25.0 Å². The van der Waals surface area contributed by atoms with Gasteiger partial charge in [0.15, 0.2) is 5.11 Å². The number of carbonyl (C=O) groups excluding carboxylic acids is 1. The Morgan fingerprint density at radius 1 is 1.06 bits per heavy atom. The first-order valence-electron chi connectivity index (χ1n) is 9.25. The number of benzene rings is 2. The van der Waals surface area contributed by atoms with Gasteiger partial charge in [-0.1, -0.05) is 0 Å². The van der Waals surface area contributed by atoms with Crippen LogP contribution in [-0.4, -0.2) is 47.2 Å². The Labute approximate surface area is 182 Å². The number of thiocarbonyl (C=S) groups is 1. The third-order valence-electron chi connectivity index (χ3n) is 4.68. The molecule has 1 aliphatic rings. The van der Waals surface area contributed by atoms with Crippen LogP contribution < -0.4 is 15.5 Å². The second kappa shape index (κ2) is 9.45. The van der Waals surface area contributed by atoms with E-state index >= 15 is 0 Å². The zero-order valence-corrected chi connectivity index (χ0v) is 17.3. The first-order chi connectivity index (χ1) is 14.8. The molecule has 0 aromatic heterocycles. The van der Waals surface area contributed by atoms with Crippen LogP contribution in [0.25, 0.3) is 0 Å². The van der Waals surface area contributed by atoms with E-state index in [2.05, 4.69) is 10.6 Å². The SMILES string of the molecule is Cc1cc([N+](=O)[O-])ccc1NC(=S)NC(=O)c1cc([N+](=O)[O-])ccc1N1CCOCC1. The number of anilines is 2. The molecule has 0 spiro atoms. The van der Waals surface area contributed by atoms with Crippen LogP contribution in [0.3, 0.4) is 0 Å². The first kappa shape index (κ1) is 22.1. The van der Waals surface area contributed by atoms with Crippen molar-refractivity contribution in [3.05, 3.63) is 67.8 Å². The fourth-order valence-electron chi connectivity index (χ4n) is 3.13. The molecule has 1 amide bonds. The van der Waals surface area contributed by atoms with Crippen molar-refractivity contribution in [1.82, 2.24) is 5.32 Å². The van der Waals surface area contributed by atoms with Crippen molar-refractivity contribution in [3.63, 3.8) is 0 Å². The van der Waals surface area contributed by atoms with Crippen LogP contribution >= 0.6 is 12.2 Å². The Morgan fingerprint density at radius 3 is 2.29 bits per heavy atom. The number of hydrogen-bond donors (Lipinski definition) is 2. The van der Waals surface area contributed by atoms with Gasteiger partial charge < -0.3 is 15.0 Å². The maximum Gasteiger partial charge on any atom is 0.270 e. The predicted molar refractivity (Wildman–Crippen MR) is 118 cm³/mol. The molecule has 3 rings (SSSR count). The van der Waals surface area contributed by atoms with Gasteiger partial charge in [0.2, 0.25) is 0 Å². The average Bonchev–Trinajstić information content (AvgIpc) is 2.75. The number of nitrogens with one attached hydrogen (secondary N) is 2. The first-order valence-corrected chi connectivity index (χ1v) is 9.65. The Morgan fingerprint density at radius 2 is 1.68 bits per heavy atom. The molecule has 0 atom stereocenters. The van der Waals surface area contributed by atoms with Gasteiger partial charge in [-0.3, -0.25) is 30.3 Å². The molecule has 11 nitrogen and oxygen atoms in total. The van der Waals surface area contributed by atoms with E-state index < -0.39 is 15.8 Å².